The van der Waals surface area contributed by atoms with Gasteiger partial charge in [0, 0.05) is 11.0 Å². The Bertz CT molecular complexity index is 850. The molecule has 2 aromatic heterocycles. The summed E-state index contributed by atoms with van der Waals surface area (Å²) < 4.78 is 12.3. The zero-order valence-electron chi connectivity index (χ0n) is 14.6. The average molecular weight is 360 g/mol. The number of rotatable bonds is 5. The van der Waals surface area contributed by atoms with Crippen LogP contribution in [0.3, 0.4) is 0 Å². The van der Waals surface area contributed by atoms with Gasteiger partial charge in [0.2, 0.25) is 16.9 Å². The number of aromatic nitrogens is 5. The second-order valence-electron chi connectivity index (χ2n) is 6.44. The van der Waals surface area contributed by atoms with Crippen molar-refractivity contribution < 1.29 is 9.15 Å². The second kappa shape index (κ2) is 6.75. The molecule has 0 spiro atoms. The first-order valence-electron chi connectivity index (χ1n) is 7.69. The molecular formula is C16H20N6O2S. The van der Waals surface area contributed by atoms with Crippen LogP contribution in [0.2, 0.25) is 0 Å². The molecule has 0 saturated heterocycles. The van der Waals surface area contributed by atoms with Gasteiger partial charge in [-0.3, -0.25) is 0 Å². The molecule has 2 N–H and O–H groups in total. The smallest absolute Gasteiger partial charge is 0.247 e. The van der Waals surface area contributed by atoms with Crippen LogP contribution < -0.4 is 10.6 Å². The van der Waals surface area contributed by atoms with E-state index in [4.69, 9.17) is 15.0 Å². The lowest BCUT2D eigenvalue weighted by molar-refractivity contribution is 0.415. The molecule has 1 aromatic carbocycles. The quantitative estimate of drug-likeness (QED) is 0.547. The first kappa shape index (κ1) is 17.3. The fourth-order valence-corrected chi connectivity index (χ4v) is 2.87. The molecule has 0 unspecified atom stereocenters. The lowest BCUT2D eigenvalue weighted by atomic mass is 9.96. The molecule has 0 amide bonds. The van der Waals surface area contributed by atoms with Gasteiger partial charge in [-0.25, -0.2) is 4.68 Å². The molecule has 3 aromatic rings. The van der Waals surface area contributed by atoms with Gasteiger partial charge in [0.25, 0.3) is 0 Å². The third-order valence-corrected chi connectivity index (χ3v) is 4.39. The highest BCUT2D eigenvalue weighted by Gasteiger charge is 2.23. The fourth-order valence-electron chi connectivity index (χ4n) is 2.18. The number of ether oxygens (including phenoxy) is 1. The first-order valence-corrected chi connectivity index (χ1v) is 8.67. The lowest BCUT2D eigenvalue weighted by Crippen LogP contribution is -2.24. The van der Waals surface area contributed by atoms with E-state index in [1.165, 1.54) is 16.4 Å². The number of nitrogens with zero attached hydrogens (tertiary/aromatic N) is 5. The topological polar surface area (TPSA) is 105 Å². The summed E-state index contributed by atoms with van der Waals surface area (Å²) in [6.07, 6.45) is 0. The Balaban J connectivity index is 1.69. The number of thioether (sulfide) groups is 1. The summed E-state index contributed by atoms with van der Waals surface area (Å²) in [5, 5.41) is 17.0. The van der Waals surface area contributed by atoms with Crippen LogP contribution in [0.5, 0.6) is 5.75 Å². The minimum absolute atomic E-state index is 0.174. The zero-order valence-corrected chi connectivity index (χ0v) is 15.4. The van der Waals surface area contributed by atoms with E-state index in [2.05, 4.69) is 20.4 Å². The molecule has 0 fully saturated rings. The Morgan fingerprint density at radius 1 is 1.12 bits per heavy atom. The van der Waals surface area contributed by atoms with Gasteiger partial charge in [-0.15, -0.1) is 20.4 Å². The van der Waals surface area contributed by atoms with Gasteiger partial charge in [0.1, 0.15) is 5.75 Å². The number of nitrogen functional groups attached to an aromatic ring is 1. The number of nitrogens with two attached hydrogens (primary N) is 1. The SMILES string of the molecule is COc1ccc(-c2nnc(CSc3nnc(C(C)(C)C)n3N)o2)cc1. The van der Waals surface area contributed by atoms with Crippen LogP contribution in [0.4, 0.5) is 0 Å². The van der Waals surface area contributed by atoms with Gasteiger partial charge in [-0.05, 0) is 24.3 Å². The van der Waals surface area contributed by atoms with Crippen molar-refractivity contribution in [3.8, 4) is 17.2 Å². The summed E-state index contributed by atoms with van der Waals surface area (Å²) in [5.74, 6) is 8.98. The third kappa shape index (κ3) is 3.76. The Morgan fingerprint density at radius 2 is 1.84 bits per heavy atom. The van der Waals surface area contributed by atoms with E-state index in [0.717, 1.165) is 17.1 Å². The Kier molecular flexibility index (Phi) is 4.67. The number of methoxy groups -OCH3 is 1. The number of hydrogen-bond acceptors (Lipinski definition) is 8. The molecule has 9 heteroatoms. The van der Waals surface area contributed by atoms with Crippen molar-refractivity contribution in [3.63, 3.8) is 0 Å². The summed E-state index contributed by atoms with van der Waals surface area (Å²) in [6.45, 7) is 6.11. The van der Waals surface area contributed by atoms with Crippen LogP contribution >= 0.6 is 11.8 Å². The largest absolute Gasteiger partial charge is 0.497 e. The highest BCUT2D eigenvalue weighted by Crippen LogP contribution is 2.26. The van der Waals surface area contributed by atoms with Gasteiger partial charge < -0.3 is 15.0 Å². The Labute approximate surface area is 149 Å². The van der Waals surface area contributed by atoms with E-state index in [9.17, 15) is 0 Å². The summed E-state index contributed by atoms with van der Waals surface area (Å²) >= 11 is 1.40. The highest BCUT2D eigenvalue weighted by molar-refractivity contribution is 7.98. The number of benzene rings is 1. The minimum atomic E-state index is -0.174. The zero-order chi connectivity index (χ0) is 18.0. The predicted octanol–water partition coefficient (Wildman–Crippen LogP) is 2.64. The monoisotopic (exact) mass is 360 g/mol. The molecule has 25 heavy (non-hydrogen) atoms. The van der Waals surface area contributed by atoms with Crippen LogP contribution in [0.1, 0.15) is 32.5 Å². The minimum Gasteiger partial charge on any atom is -0.497 e. The number of hydrogen-bond donors (Lipinski definition) is 1. The standard InChI is InChI=1S/C16H20N6O2S/c1-16(2,3)14-20-21-15(22(14)17)25-9-12-18-19-13(24-12)10-5-7-11(23-4)8-6-10/h5-8H,9,17H2,1-4H3. The van der Waals surface area contributed by atoms with E-state index < -0.39 is 0 Å². The highest BCUT2D eigenvalue weighted by atomic mass is 32.2. The molecule has 0 aliphatic heterocycles. The van der Waals surface area contributed by atoms with Crippen LogP contribution in [-0.4, -0.2) is 32.2 Å². The summed E-state index contributed by atoms with van der Waals surface area (Å²) in [6, 6.07) is 7.43. The van der Waals surface area contributed by atoms with E-state index in [1.54, 1.807) is 7.11 Å². The molecule has 0 aliphatic rings. The van der Waals surface area contributed by atoms with Crippen LogP contribution in [0.15, 0.2) is 33.8 Å². The van der Waals surface area contributed by atoms with Gasteiger partial charge in [-0.2, -0.15) is 0 Å². The summed E-state index contributed by atoms with van der Waals surface area (Å²) in [4.78, 5) is 0. The van der Waals surface area contributed by atoms with Gasteiger partial charge in [0.05, 0.1) is 12.9 Å². The maximum Gasteiger partial charge on any atom is 0.247 e. The molecule has 0 atom stereocenters. The molecule has 0 saturated carbocycles. The molecule has 8 nitrogen and oxygen atoms in total. The lowest BCUT2D eigenvalue weighted by Gasteiger charge is -2.16. The van der Waals surface area contributed by atoms with E-state index >= 15 is 0 Å². The maximum atomic E-state index is 6.07. The van der Waals surface area contributed by atoms with Crippen molar-refractivity contribution in [2.75, 3.05) is 13.0 Å². The molecule has 3 rings (SSSR count). The van der Waals surface area contributed by atoms with Crippen LogP contribution in [-0.2, 0) is 11.2 Å². The van der Waals surface area contributed by atoms with Crippen molar-refractivity contribution in [3.05, 3.63) is 36.0 Å². The summed E-state index contributed by atoms with van der Waals surface area (Å²) in [5.41, 5.74) is 0.661. The van der Waals surface area contributed by atoms with Crippen molar-refractivity contribution >= 4 is 11.8 Å². The molecule has 0 aliphatic carbocycles. The fraction of sp³-hybridized carbons (Fsp3) is 0.375. The van der Waals surface area contributed by atoms with E-state index in [0.29, 0.717) is 22.7 Å². The van der Waals surface area contributed by atoms with E-state index in [1.807, 2.05) is 45.0 Å². The van der Waals surface area contributed by atoms with Gasteiger partial charge in [-0.1, -0.05) is 32.5 Å². The van der Waals surface area contributed by atoms with E-state index in [-0.39, 0.29) is 5.41 Å². The molecule has 2 heterocycles. The Hall–Kier alpha value is -2.55. The third-order valence-electron chi connectivity index (χ3n) is 3.46. The normalized spacial score (nSPS) is 11.7. The van der Waals surface area contributed by atoms with Crippen molar-refractivity contribution in [2.24, 2.45) is 0 Å². The molecule has 132 valence electrons. The van der Waals surface area contributed by atoms with Gasteiger partial charge in [0.15, 0.2) is 5.82 Å². The van der Waals surface area contributed by atoms with Crippen molar-refractivity contribution in [1.82, 2.24) is 25.1 Å². The second-order valence-corrected chi connectivity index (χ2v) is 7.39. The Morgan fingerprint density at radius 3 is 2.44 bits per heavy atom. The first-order chi connectivity index (χ1) is 11.9. The van der Waals surface area contributed by atoms with Crippen LogP contribution in [0.25, 0.3) is 11.5 Å². The predicted molar refractivity (Wildman–Crippen MR) is 94.7 cm³/mol. The van der Waals surface area contributed by atoms with Crippen LogP contribution in [0, 0.1) is 0 Å². The molecule has 0 bridgehead atoms. The molecule has 0 radical (unpaired) electrons. The summed E-state index contributed by atoms with van der Waals surface area (Å²) in [7, 11) is 1.62. The average Bonchev–Trinajstić information content (AvgIpc) is 3.19. The van der Waals surface area contributed by atoms with Gasteiger partial charge >= 0.3 is 0 Å². The van der Waals surface area contributed by atoms with Crippen molar-refractivity contribution in [2.45, 2.75) is 37.1 Å². The van der Waals surface area contributed by atoms with Crippen molar-refractivity contribution in [1.29, 1.82) is 0 Å². The maximum absolute atomic E-state index is 6.07. The molecular weight excluding hydrogens is 340 g/mol.